The second-order valence-electron chi connectivity index (χ2n) is 6.13. The largest absolute Gasteiger partial charge is 0.369 e. The van der Waals surface area contributed by atoms with Crippen molar-refractivity contribution in [1.29, 1.82) is 0 Å². The summed E-state index contributed by atoms with van der Waals surface area (Å²) < 4.78 is 0. The molecule has 1 aromatic rings. The lowest BCUT2D eigenvalue weighted by Crippen LogP contribution is -2.34. The Morgan fingerprint density at radius 1 is 1.35 bits per heavy atom. The highest BCUT2D eigenvalue weighted by atomic mass is 16.2. The number of hydrogen-bond donors (Lipinski definition) is 2. The van der Waals surface area contributed by atoms with Crippen molar-refractivity contribution >= 4 is 23.4 Å². The summed E-state index contributed by atoms with van der Waals surface area (Å²) in [5.74, 6) is -2.00. The first kappa shape index (κ1) is 17.0. The van der Waals surface area contributed by atoms with Gasteiger partial charge in [-0.3, -0.25) is 14.4 Å². The predicted molar refractivity (Wildman–Crippen MR) is 87.9 cm³/mol. The van der Waals surface area contributed by atoms with Gasteiger partial charge in [-0.2, -0.15) is 0 Å². The van der Waals surface area contributed by atoms with E-state index in [1.54, 1.807) is 18.2 Å². The Labute approximate surface area is 136 Å². The summed E-state index contributed by atoms with van der Waals surface area (Å²) in [5, 5.41) is 2.64. The highest BCUT2D eigenvalue weighted by molar-refractivity contribution is 6.06. The summed E-state index contributed by atoms with van der Waals surface area (Å²) >= 11 is 0. The van der Waals surface area contributed by atoms with Crippen molar-refractivity contribution in [3.63, 3.8) is 0 Å². The van der Waals surface area contributed by atoms with Gasteiger partial charge in [-0.05, 0) is 57.4 Å². The fourth-order valence-corrected chi connectivity index (χ4v) is 2.75. The maximum absolute atomic E-state index is 12.6. The minimum Gasteiger partial charge on any atom is -0.369 e. The number of nitrogens with two attached hydrogens (primary N) is 1. The smallest absolute Gasteiger partial charge is 0.254 e. The molecular weight excluding hydrogens is 294 g/mol. The number of nitrogens with one attached hydrogen (secondary N) is 1. The van der Waals surface area contributed by atoms with Crippen LogP contribution in [0.2, 0.25) is 0 Å². The van der Waals surface area contributed by atoms with E-state index in [2.05, 4.69) is 12.2 Å². The molecule has 1 aliphatic rings. The summed E-state index contributed by atoms with van der Waals surface area (Å²) in [7, 11) is 0. The molecule has 0 spiro atoms. The second kappa shape index (κ2) is 6.81. The third-order valence-corrected chi connectivity index (χ3v) is 4.36. The predicted octanol–water partition coefficient (Wildman–Crippen LogP) is 1.68. The third kappa shape index (κ3) is 3.70. The van der Waals surface area contributed by atoms with Gasteiger partial charge >= 0.3 is 0 Å². The van der Waals surface area contributed by atoms with Crippen LogP contribution in [0.4, 0.5) is 5.69 Å². The molecule has 6 heteroatoms. The second-order valence-corrected chi connectivity index (χ2v) is 6.13. The van der Waals surface area contributed by atoms with Gasteiger partial charge in [-0.1, -0.05) is 0 Å². The summed E-state index contributed by atoms with van der Waals surface area (Å²) in [5.41, 5.74) is 7.09. The Bertz CT molecular complexity index is 642. The summed E-state index contributed by atoms with van der Waals surface area (Å²) in [6.45, 7) is 6.13. The van der Waals surface area contributed by atoms with Gasteiger partial charge in [0.25, 0.3) is 5.91 Å². The number of carbonyl (C=O) groups is 3. The van der Waals surface area contributed by atoms with Crippen LogP contribution in [0.1, 0.15) is 42.6 Å². The van der Waals surface area contributed by atoms with E-state index in [0.29, 0.717) is 11.3 Å². The van der Waals surface area contributed by atoms with Crippen LogP contribution in [0.5, 0.6) is 0 Å². The summed E-state index contributed by atoms with van der Waals surface area (Å²) in [6.07, 6.45) is 2.06. The van der Waals surface area contributed by atoms with E-state index in [9.17, 15) is 14.4 Å². The number of anilines is 1. The highest BCUT2D eigenvalue weighted by Crippen LogP contribution is 2.23. The molecule has 6 nitrogen and oxygen atoms in total. The molecule has 23 heavy (non-hydrogen) atoms. The van der Waals surface area contributed by atoms with Crippen LogP contribution < -0.4 is 11.1 Å². The number of aryl methyl sites for hydroxylation is 1. The van der Waals surface area contributed by atoms with E-state index in [4.69, 9.17) is 5.73 Å². The Kier molecular flexibility index (Phi) is 5.03. The van der Waals surface area contributed by atoms with Crippen molar-refractivity contribution in [3.05, 3.63) is 29.3 Å². The standard InChI is InChI=1S/C17H23N3O3/c1-10-9-13(19-16(22)12(3)15(18)21)6-7-14(10)17(23)20-8-4-5-11(20)2/h6-7,9,11-12H,4-5,8H2,1-3H3,(H2,18,21)(H,19,22). The molecule has 1 aliphatic heterocycles. The van der Waals surface area contributed by atoms with Gasteiger partial charge in [0, 0.05) is 23.8 Å². The Morgan fingerprint density at radius 3 is 2.57 bits per heavy atom. The van der Waals surface area contributed by atoms with Gasteiger partial charge in [-0.15, -0.1) is 0 Å². The van der Waals surface area contributed by atoms with E-state index in [-0.39, 0.29) is 11.9 Å². The molecule has 3 amide bonds. The lowest BCUT2D eigenvalue weighted by atomic mass is 10.1. The summed E-state index contributed by atoms with van der Waals surface area (Å²) in [4.78, 5) is 37.4. The van der Waals surface area contributed by atoms with Gasteiger partial charge in [-0.25, -0.2) is 0 Å². The topological polar surface area (TPSA) is 92.5 Å². The normalized spacial score (nSPS) is 18.6. The molecule has 3 N–H and O–H groups in total. The van der Waals surface area contributed by atoms with Crippen LogP contribution in [0, 0.1) is 12.8 Å². The zero-order valence-electron chi connectivity index (χ0n) is 13.8. The van der Waals surface area contributed by atoms with Crippen LogP contribution in [-0.4, -0.2) is 35.2 Å². The maximum atomic E-state index is 12.6. The first-order valence-electron chi connectivity index (χ1n) is 7.83. The zero-order valence-corrected chi connectivity index (χ0v) is 13.8. The van der Waals surface area contributed by atoms with Crippen LogP contribution in [-0.2, 0) is 9.59 Å². The number of carbonyl (C=O) groups excluding carboxylic acids is 3. The van der Waals surface area contributed by atoms with Gasteiger partial charge in [0.05, 0.1) is 0 Å². The number of hydrogen-bond acceptors (Lipinski definition) is 3. The van der Waals surface area contributed by atoms with Gasteiger partial charge in [0.1, 0.15) is 5.92 Å². The minimum atomic E-state index is -0.901. The summed E-state index contributed by atoms with van der Waals surface area (Å²) in [6, 6.07) is 5.39. The SMILES string of the molecule is Cc1cc(NC(=O)C(C)C(N)=O)ccc1C(=O)N1CCCC1C. The molecule has 2 atom stereocenters. The van der Waals surface area contributed by atoms with Crippen molar-refractivity contribution < 1.29 is 14.4 Å². The molecule has 0 saturated carbocycles. The quantitative estimate of drug-likeness (QED) is 0.827. The van der Waals surface area contributed by atoms with Crippen molar-refractivity contribution in [2.24, 2.45) is 11.7 Å². The molecule has 1 heterocycles. The van der Waals surface area contributed by atoms with Crippen molar-refractivity contribution in [2.75, 3.05) is 11.9 Å². The van der Waals surface area contributed by atoms with Crippen molar-refractivity contribution in [2.45, 2.75) is 39.7 Å². The molecule has 124 valence electrons. The zero-order chi connectivity index (χ0) is 17.1. The van der Waals surface area contributed by atoms with Gasteiger partial charge < -0.3 is 16.0 Å². The molecular formula is C17H23N3O3. The van der Waals surface area contributed by atoms with Gasteiger partial charge in [0.2, 0.25) is 11.8 Å². The van der Waals surface area contributed by atoms with E-state index in [1.807, 2.05) is 11.8 Å². The van der Waals surface area contributed by atoms with E-state index < -0.39 is 17.7 Å². The average molecular weight is 317 g/mol. The van der Waals surface area contributed by atoms with Crippen LogP contribution in [0.3, 0.4) is 0 Å². The monoisotopic (exact) mass is 317 g/mol. The number of amides is 3. The molecule has 1 saturated heterocycles. The van der Waals surface area contributed by atoms with E-state index >= 15 is 0 Å². The first-order chi connectivity index (χ1) is 10.8. The Morgan fingerprint density at radius 2 is 2.04 bits per heavy atom. The van der Waals surface area contributed by atoms with Gasteiger partial charge in [0.15, 0.2) is 0 Å². The molecule has 1 aromatic carbocycles. The Hall–Kier alpha value is -2.37. The molecule has 0 aliphatic carbocycles. The molecule has 2 unspecified atom stereocenters. The lowest BCUT2D eigenvalue weighted by Gasteiger charge is -2.22. The molecule has 1 fully saturated rings. The number of nitrogens with zero attached hydrogens (tertiary/aromatic N) is 1. The average Bonchev–Trinajstić information content (AvgIpc) is 2.92. The van der Waals surface area contributed by atoms with E-state index in [0.717, 1.165) is 24.9 Å². The fraction of sp³-hybridized carbons (Fsp3) is 0.471. The number of likely N-dealkylation sites (tertiary alicyclic amines) is 1. The maximum Gasteiger partial charge on any atom is 0.254 e. The van der Waals surface area contributed by atoms with Crippen molar-refractivity contribution in [3.8, 4) is 0 Å². The third-order valence-electron chi connectivity index (χ3n) is 4.36. The lowest BCUT2D eigenvalue weighted by molar-refractivity contribution is -0.129. The van der Waals surface area contributed by atoms with Crippen LogP contribution >= 0.6 is 0 Å². The molecule has 0 aromatic heterocycles. The fourth-order valence-electron chi connectivity index (χ4n) is 2.75. The highest BCUT2D eigenvalue weighted by Gasteiger charge is 2.27. The molecule has 2 rings (SSSR count). The number of benzene rings is 1. The minimum absolute atomic E-state index is 0.0240. The van der Waals surface area contributed by atoms with E-state index in [1.165, 1.54) is 6.92 Å². The Balaban J connectivity index is 2.13. The molecule has 0 radical (unpaired) electrons. The number of rotatable bonds is 4. The molecule has 0 bridgehead atoms. The first-order valence-corrected chi connectivity index (χ1v) is 7.83. The van der Waals surface area contributed by atoms with Crippen LogP contribution in [0.25, 0.3) is 0 Å². The van der Waals surface area contributed by atoms with Crippen LogP contribution in [0.15, 0.2) is 18.2 Å². The number of primary amides is 1. The van der Waals surface area contributed by atoms with Crippen molar-refractivity contribution in [1.82, 2.24) is 4.90 Å².